The molecule has 0 atom stereocenters. The fourth-order valence-corrected chi connectivity index (χ4v) is 2.43. The SMILES string of the molecule is CCc1noc(CN(C)Cc2ccc(OCc3ccccn3)cc2)n1. The van der Waals surface area contributed by atoms with Gasteiger partial charge in [0.1, 0.15) is 12.4 Å². The molecular formula is C19H22N4O2. The van der Waals surface area contributed by atoms with Crippen molar-refractivity contribution in [3.63, 3.8) is 0 Å². The van der Waals surface area contributed by atoms with Gasteiger partial charge in [-0.3, -0.25) is 9.88 Å². The summed E-state index contributed by atoms with van der Waals surface area (Å²) in [6, 6.07) is 13.9. The Morgan fingerprint density at radius 3 is 2.60 bits per heavy atom. The molecule has 2 heterocycles. The van der Waals surface area contributed by atoms with Crippen LogP contribution >= 0.6 is 0 Å². The van der Waals surface area contributed by atoms with Gasteiger partial charge in [0.05, 0.1) is 12.2 Å². The average Bonchev–Trinajstić information content (AvgIpc) is 3.09. The van der Waals surface area contributed by atoms with Crippen molar-refractivity contribution in [2.24, 2.45) is 0 Å². The molecule has 2 aromatic heterocycles. The largest absolute Gasteiger partial charge is 0.487 e. The number of ether oxygens (including phenoxy) is 1. The van der Waals surface area contributed by atoms with E-state index >= 15 is 0 Å². The minimum atomic E-state index is 0.469. The number of hydrogen-bond acceptors (Lipinski definition) is 6. The highest BCUT2D eigenvalue weighted by atomic mass is 16.5. The van der Waals surface area contributed by atoms with Crippen molar-refractivity contribution in [2.75, 3.05) is 7.05 Å². The zero-order valence-corrected chi connectivity index (χ0v) is 14.6. The highest BCUT2D eigenvalue weighted by Crippen LogP contribution is 2.15. The monoisotopic (exact) mass is 338 g/mol. The summed E-state index contributed by atoms with van der Waals surface area (Å²) in [5.41, 5.74) is 2.11. The number of aromatic nitrogens is 3. The Morgan fingerprint density at radius 2 is 1.92 bits per heavy atom. The zero-order chi connectivity index (χ0) is 17.5. The van der Waals surface area contributed by atoms with Crippen molar-refractivity contribution < 1.29 is 9.26 Å². The van der Waals surface area contributed by atoms with Gasteiger partial charge in [0, 0.05) is 19.2 Å². The summed E-state index contributed by atoms with van der Waals surface area (Å²) in [7, 11) is 2.03. The van der Waals surface area contributed by atoms with Gasteiger partial charge in [-0.2, -0.15) is 4.98 Å². The third kappa shape index (κ3) is 5.12. The van der Waals surface area contributed by atoms with Crippen LogP contribution in [-0.2, 0) is 26.1 Å². The number of pyridine rings is 1. The Kier molecular flexibility index (Phi) is 5.74. The first-order valence-electron chi connectivity index (χ1n) is 8.34. The number of benzene rings is 1. The summed E-state index contributed by atoms with van der Waals surface area (Å²) in [4.78, 5) is 10.7. The lowest BCUT2D eigenvalue weighted by atomic mass is 10.2. The highest BCUT2D eigenvalue weighted by molar-refractivity contribution is 5.27. The smallest absolute Gasteiger partial charge is 0.240 e. The molecule has 0 N–H and O–H groups in total. The standard InChI is InChI=1S/C19H22N4O2/c1-3-18-21-19(25-22-18)13-23(2)12-15-7-9-17(10-8-15)24-14-16-6-4-5-11-20-16/h4-11H,3,12-14H2,1-2H3. The maximum absolute atomic E-state index is 5.75. The minimum absolute atomic E-state index is 0.469. The highest BCUT2D eigenvalue weighted by Gasteiger charge is 2.08. The van der Waals surface area contributed by atoms with Gasteiger partial charge in [-0.25, -0.2) is 0 Å². The van der Waals surface area contributed by atoms with E-state index in [0.29, 0.717) is 19.0 Å². The van der Waals surface area contributed by atoms with Crippen molar-refractivity contribution in [1.82, 2.24) is 20.0 Å². The lowest BCUT2D eigenvalue weighted by Crippen LogP contribution is -2.17. The number of hydrogen-bond donors (Lipinski definition) is 0. The maximum atomic E-state index is 5.75. The fourth-order valence-electron chi connectivity index (χ4n) is 2.43. The van der Waals surface area contributed by atoms with Gasteiger partial charge in [0.15, 0.2) is 5.82 Å². The van der Waals surface area contributed by atoms with E-state index in [1.54, 1.807) is 6.20 Å². The van der Waals surface area contributed by atoms with E-state index in [2.05, 4.69) is 32.2 Å². The molecule has 0 aliphatic carbocycles. The molecule has 25 heavy (non-hydrogen) atoms. The molecule has 0 spiro atoms. The zero-order valence-electron chi connectivity index (χ0n) is 14.6. The molecule has 0 amide bonds. The van der Waals surface area contributed by atoms with Crippen molar-refractivity contribution in [3.8, 4) is 5.75 Å². The van der Waals surface area contributed by atoms with Crippen LogP contribution in [0.3, 0.4) is 0 Å². The Morgan fingerprint density at radius 1 is 1.08 bits per heavy atom. The molecule has 3 aromatic rings. The van der Waals surface area contributed by atoms with Gasteiger partial charge < -0.3 is 9.26 Å². The molecule has 130 valence electrons. The molecule has 3 rings (SSSR count). The van der Waals surface area contributed by atoms with Crippen molar-refractivity contribution in [3.05, 3.63) is 71.6 Å². The Balaban J connectivity index is 1.49. The summed E-state index contributed by atoms with van der Waals surface area (Å²) in [5.74, 6) is 2.23. The summed E-state index contributed by atoms with van der Waals surface area (Å²) >= 11 is 0. The molecule has 0 saturated carbocycles. The summed E-state index contributed by atoms with van der Waals surface area (Å²) < 4.78 is 11.0. The van der Waals surface area contributed by atoms with Crippen LogP contribution in [-0.4, -0.2) is 27.1 Å². The van der Waals surface area contributed by atoms with Gasteiger partial charge in [-0.15, -0.1) is 0 Å². The third-order valence-corrected chi connectivity index (χ3v) is 3.72. The lowest BCUT2D eigenvalue weighted by molar-refractivity contribution is 0.260. The molecule has 0 aliphatic rings. The van der Waals surface area contributed by atoms with Crippen LogP contribution in [0.4, 0.5) is 0 Å². The molecule has 0 fully saturated rings. The first kappa shape index (κ1) is 17.1. The second kappa shape index (κ2) is 8.39. The van der Waals surface area contributed by atoms with E-state index in [4.69, 9.17) is 9.26 Å². The van der Waals surface area contributed by atoms with Crippen LogP contribution in [0.5, 0.6) is 5.75 Å². The maximum Gasteiger partial charge on any atom is 0.240 e. The first-order chi connectivity index (χ1) is 12.2. The molecule has 0 aliphatic heterocycles. The Bertz CT molecular complexity index is 772. The second-order valence-electron chi connectivity index (χ2n) is 5.88. The molecule has 6 heteroatoms. The number of aryl methyl sites for hydroxylation is 1. The van der Waals surface area contributed by atoms with Gasteiger partial charge >= 0.3 is 0 Å². The van der Waals surface area contributed by atoms with E-state index in [1.165, 1.54) is 5.56 Å². The number of nitrogens with zero attached hydrogens (tertiary/aromatic N) is 4. The summed E-state index contributed by atoms with van der Waals surface area (Å²) in [6.45, 7) is 3.90. The van der Waals surface area contributed by atoms with Crippen LogP contribution in [0.2, 0.25) is 0 Å². The van der Waals surface area contributed by atoms with Crippen molar-refractivity contribution in [1.29, 1.82) is 0 Å². The van der Waals surface area contributed by atoms with Gasteiger partial charge in [-0.1, -0.05) is 30.3 Å². The predicted molar refractivity (Wildman–Crippen MR) is 93.9 cm³/mol. The van der Waals surface area contributed by atoms with Crippen LogP contribution in [0.15, 0.2) is 53.2 Å². The van der Waals surface area contributed by atoms with Crippen LogP contribution in [0.1, 0.15) is 29.9 Å². The quantitative estimate of drug-likeness (QED) is 0.628. The van der Waals surface area contributed by atoms with E-state index in [-0.39, 0.29) is 0 Å². The van der Waals surface area contributed by atoms with Gasteiger partial charge in [-0.05, 0) is 36.9 Å². The lowest BCUT2D eigenvalue weighted by Gasteiger charge is -2.14. The molecule has 0 unspecified atom stereocenters. The molecule has 0 bridgehead atoms. The normalized spacial score (nSPS) is 11.0. The Hall–Kier alpha value is -2.73. The summed E-state index contributed by atoms with van der Waals surface area (Å²) in [6.07, 6.45) is 2.55. The van der Waals surface area contributed by atoms with Crippen LogP contribution in [0, 0.1) is 0 Å². The fraction of sp³-hybridized carbons (Fsp3) is 0.316. The van der Waals surface area contributed by atoms with Crippen LogP contribution < -0.4 is 4.74 Å². The molecule has 1 aromatic carbocycles. The van der Waals surface area contributed by atoms with E-state index in [1.807, 2.05) is 44.3 Å². The van der Waals surface area contributed by atoms with E-state index in [9.17, 15) is 0 Å². The van der Waals surface area contributed by atoms with Gasteiger partial charge in [0.25, 0.3) is 0 Å². The third-order valence-electron chi connectivity index (χ3n) is 3.72. The van der Waals surface area contributed by atoms with Crippen molar-refractivity contribution in [2.45, 2.75) is 33.0 Å². The van der Waals surface area contributed by atoms with Gasteiger partial charge in [0.2, 0.25) is 5.89 Å². The molecule has 6 nitrogen and oxygen atoms in total. The average molecular weight is 338 g/mol. The topological polar surface area (TPSA) is 64.3 Å². The van der Waals surface area contributed by atoms with E-state index < -0.39 is 0 Å². The summed E-state index contributed by atoms with van der Waals surface area (Å²) in [5, 5.41) is 3.92. The molecular weight excluding hydrogens is 316 g/mol. The first-order valence-corrected chi connectivity index (χ1v) is 8.34. The molecule has 0 radical (unpaired) electrons. The second-order valence-corrected chi connectivity index (χ2v) is 5.88. The molecule has 0 saturated heterocycles. The Labute approximate surface area is 147 Å². The minimum Gasteiger partial charge on any atom is -0.487 e. The van der Waals surface area contributed by atoms with Crippen molar-refractivity contribution >= 4 is 0 Å². The van der Waals surface area contributed by atoms with E-state index in [0.717, 1.165) is 30.2 Å². The van der Waals surface area contributed by atoms with Crippen LogP contribution in [0.25, 0.3) is 0 Å². The number of rotatable bonds is 8. The predicted octanol–water partition coefficient (Wildman–Crippen LogP) is 3.24.